The van der Waals surface area contributed by atoms with Gasteiger partial charge in [-0.15, -0.1) is 0 Å². The van der Waals surface area contributed by atoms with Gasteiger partial charge in [-0.2, -0.15) is 0 Å². The number of hydrazine groups is 1. The Hall–Kier alpha value is -1.00. The van der Waals surface area contributed by atoms with E-state index in [0.29, 0.717) is 16.2 Å². The van der Waals surface area contributed by atoms with E-state index < -0.39 is 0 Å². The van der Waals surface area contributed by atoms with E-state index in [1.165, 1.54) is 25.7 Å². The van der Waals surface area contributed by atoms with Crippen LogP contribution in [0.25, 0.3) is 0 Å². The predicted molar refractivity (Wildman–Crippen MR) is 83.2 cm³/mol. The first-order chi connectivity index (χ1) is 9.22. The number of nitrogens with one attached hydrogen (secondary N) is 3. The molecule has 3 atom stereocenters. The van der Waals surface area contributed by atoms with Crippen LogP contribution in [0.3, 0.4) is 0 Å². The highest BCUT2D eigenvalue weighted by molar-refractivity contribution is 7.80. The van der Waals surface area contributed by atoms with E-state index in [1.807, 2.05) is 24.3 Å². The molecule has 0 radical (unpaired) electrons. The number of fused-ring (bicyclic) bond motifs is 2. The lowest BCUT2D eigenvalue weighted by atomic mass is 9.96. The van der Waals surface area contributed by atoms with E-state index in [0.717, 1.165) is 17.5 Å². The topological polar surface area (TPSA) is 36.1 Å². The van der Waals surface area contributed by atoms with Crippen molar-refractivity contribution in [2.75, 3.05) is 5.43 Å². The summed E-state index contributed by atoms with van der Waals surface area (Å²) < 4.78 is 0. The largest absolute Gasteiger partial charge is 0.358 e. The molecular formula is C14H18ClN3S. The van der Waals surface area contributed by atoms with E-state index in [2.05, 4.69) is 16.2 Å². The highest BCUT2D eigenvalue weighted by Gasteiger charge is 2.39. The normalized spacial score (nSPS) is 28.2. The van der Waals surface area contributed by atoms with Crippen LogP contribution in [0.15, 0.2) is 24.3 Å². The number of rotatable bonds is 3. The van der Waals surface area contributed by atoms with Crippen molar-refractivity contribution in [1.29, 1.82) is 0 Å². The Morgan fingerprint density at radius 1 is 1.21 bits per heavy atom. The molecule has 0 aromatic heterocycles. The molecule has 1 aromatic rings. The minimum atomic E-state index is 0.548. The summed E-state index contributed by atoms with van der Waals surface area (Å²) in [6.07, 6.45) is 5.39. The summed E-state index contributed by atoms with van der Waals surface area (Å²) in [5.74, 6) is 1.73. The summed E-state index contributed by atoms with van der Waals surface area (Å²) in [6.45, 7) is 0. The fourth-order valence-electron chi connectivity index (χ4n) is 3.31. The Bertz CT molecular complexity index is 480. The zero-order valence-electron chi connectivity index (χ0n) is 10.7. The lowest BCUT2D eigenvalue weighted by Gasteiger charge is -2.24. The molecule has 0 aliphatic heterocycles. The van der Waals surface area contributed by atoms with Gasteiger partial charge in [0.2, 0.25) is 0 Å². The second-order valence-corrected chi connectivity index (χ2v) is 6.30. The summed E-state index contributed by atoms with van der Waals surface area (Å²) >= 11 is 11.4. The molecule has 2 aliphatic rings. The van der Waals surface area contributed by atoms with Gasteiger partial charge in [-0.3, -0.25) is 10.9 Å². The Labute approximate surface area is 124 Å². The fraction of sp³-hybridized carbons (Fsp3) is 0.500. The van der Waals surface area contributed by atoms with Crippen LogP contribution in [0.1, 0.15) is 25.7 Å². The van der Waals surface area contributed by atoms with Gasteiger partial charge < -0.3 is 5.32 Å². The number of hydrogen-bond donors (Lipinski definition) is 3. The number of hydrogen-bond acceptors (Lipinski definition) is 2. The highest BCUT2D eigenvalue weighted by atomic mass is 35.5. The summed E-state index contributed by atoms with van der Waals surface area (Å²) in [6, 6.07) is 8.14. The first-order valence-corrected chi connectivity index (χ1v) is 7.58. The van der Waals surface area contributed by atoms with Crippen LogP contribution < -0.4 is 16.2 Å². The summed E-state index contributed by atoms with van der Waals surface area (Å²) in [7, 11) is 0. The van der Waals surface area contributed by atoms with Crippen molar-refractivity contribution >= 4 is 34.6 Å². The molecule has 3 N–H and O–H groups in total. The maximum Gasteiger partial charge on any atom is 0.185 e. The Kier molecular flexibility index (Phi) is 3.80. The summed E-state index contributed by atoms with van der Waals surface area (Å²) in [5, 5.41) is 4.74. The van der Waals surface area contributed by atoms with Crippen LogP contribution >= 0.6 is 23.8 Å². The van der Waals surface area contributed by atoms with E-state index in [9.17, 15) is 0 Å². The molecule has 2 bridgehead atoms. The van der Waals surface area contributed by atoms with Crippen molar-refractivity contribution < 1.29 is 0 Å². The number of thiocarbonyl (C=S) groups is 1. The molecule has 0 spiro atoms. The number of anilines is 1. The van der Waals surface area contributed by atoms with Crippen LogP contribution in [0, 0.1) is 11.8 Å². The van der Waals surface area contributed by atoms with Crippen LogP contribution in [0.4, 0.5) is 5.69 Å². The van der Waals surface area contributed by atoms with Gasteiger partial charge in [0.1, 0.15) is 0 Å². The summed E-state index contributed by atoms with van der Waals surface area (Å²) in [5.41, 5.74) is 6.89. The van der Waals surface area contributed by atoms with Crippen molar-refractivity contribution in [2.24, 2.45) is 11.8 Å². The van der Waals surface area contributed by atoms with Crippen molar-refractivity contribution in [3.05, 3.63) is 29.3 Å². The molecule has 1 aromatic carbocycles. The van der Waals surface area contributed by atoms with Gasteiger partial charge in [0.25, 0.3) is 0 Å². The van der Waals surface area contributed by atoms with Gasteiger partial charge in [0.05, 0.1) is 10.7 Å². The average molecular weight is 296 g/mol. The minimum absolute atomic E-state index is 0.548. The molecule has 0 amide bonds. The molecule has 0 heterocycles. The second kappa shape index (κ2) is 5.55. The zero-order valence-corrected chi connectivity index (χ0v) is 12.2. The van der Waals surface area contributed by atoms with Gasteiger partial charge in [-0.1, -0.05) is 30.2 Å². The monoisotopic (exact) mass is 295 g/mol. The van der Waals surface area contributed by atoms with Crippen LogP contribution in [0.2, 0.25) is 5.02 Å². The van der Waals surface area contributed by atoms with Gasteiger partial charge in [0, 0.05) is 6.04 Å². The highest BCUT2D eigenvalue weighted by Crippen LogP contribution is 2.44. The van der Waals surface area contributed by atoms with E-state index in [-0.39, 0.29) is 0 Å². The molecular weight excluding hydrogens is 278 g/mol. The Morgan fingerprint density at radius 2 is 2.05 bits per heavy atom. The molecule has 102 valence electrons. The third-order valence-corrected chi connectivity index (χ3v) is 4.79. The Balaban J connectivity index is 1.48. The first-order valence-electron chi connectivity index (χ1n) is 6.79. The molecule has 19 heavy (non-hydrogen) atoms. The van der Waals surface area contributed by atoms with Crippen molar-refractivity contribution in [1.82, 2.24) is 10.7 Å². The van der Waals surface area contributed by atoms with Crippen molar-refractivity contribution in [3.63, 3.8) is 0 Å². The Morgan fingerprint density at radius 3 is 2.74 bits per heavy atom. The smallest absolute Gasteiger partial charge is 0.185 e. The third kappa shape index (κ3) is 2.95. The lowest BCUT2D eigenvalue weighted by Crippen LogP contribution is -2.46. The summed E-state index contributed by atoms with van der Waals surface area (Å²) in [4.78, 5) is 0. The van der Waals surface area contributed by atoms with E-state index in [4.69, 9.17) is 23.8 Å². The number of benzene rings is 1. The van der Waals surface area contributed by atoms with Crippen LogP contribution in [0.5, 0.6) is 0 Å². The van der Waals surface area contributed by atoms with E-state index in [1.54, 1.807) is 0 Å². The molecule has 0 saturated heterocycles. The number of halogens is 1. The van der Waals surface area contributed by atoms with Crippen molar-refractivity contribution in [3.8, 4) is 0 Å². The first kappa shape index (κ1) is 13.0. The fourth-order valence-corrected chi connectivity index (χ4v) is 3.70. The van der Waals surface area contributed by atoms with Crippen LogP contribution in [-0.4, -0.2) is 11.2 Å². The van der Waals surface area contributed by atoms with Gasteiger partial charge in [0.15, 0.2) is 5.11 Å². The standard InChI is InChI=1S/C14H18ClN3S/c15-11-3-1-2-4-12(11)17-18-14(19)16-13-8-9-5-6-10(13)7-9/h1-4,9-10,13,17H,5-8H2,(H2,16,18,19)/t9-,10-,13-/m1/s1. The average Bonchev–Trinajstić information content (AvgIpc) is 3.00. The lowest BCUT2D eigenvalue weighted by molar-refractivity contribution is 0.390. The maximum absolute atomic E-state index is 6.06. The molecule has 2 aliphatic carbocycles. The molecule has 5 heteroatoms. The molecule has 2 saturated carbocycles. The molecule has 3 nitrogen and oxygen atoms in total. The maximum atomic E-state index is 6.06. The molecule has 0 unspecified atom stereocenters. The van der Waals surface area contributed by atoms with Gasteiger partial charge >= 0.3 is 0 Å². The molecule has 2 fully saturated rings. The molecule has 3 rings (SSSR count). The SMILES string of the molecule is S=C(NNc1ccccc1Cl)N[C@@H]1C[C@@H]2CC[C@@H]1C2. The van der Waals surface area contributed by atoms with Crippen molar-refractivity contribution in [2.45, 2.75) is 31.7 Å². The van der Waals surface area contributed by atoms with E-state index >= 15 is 0 Å². The second-order valence-electron chi connectivity index (χ2n) is 5.48. The van der Waals surface area contributed by atoms with Gasteiger partial charge in [-0.05, 0) is 55.4 Å². The minimum Gasteiger partial charge on any atom is -0.358 e. The predicted octanol–water partition coefficient (Wildman–Crippen LogP) is 3.32. The number of para-hydroxylation sites is 1. The zero-order chi connectivity index (χ0) is 13.2. The quantitative estimate of drug-likeness (QED) is 0.590. The third-order valence-electron chi connectivity index (χ3n) is 4.24. The van der Waals surface area contributed by atoms with Crippen LogP contribution in [-0.2, 0) is 0 Å². The van der Waals surface area contributed by atoms with Gasteiger partial charge in [-0.25, -0.2) is 0 Å².